The lowest BCUT2D eigenvalue weighted by molar-refractivity contribution is 1.09. The minimum absolute atomic E-state index is 0.983. The molecule has 0 saturated carbocycles. The SMILES string of the molecule is [c]1ccc(-c2csc(-c3cn[nH]c3)n2)cc1. The van der Waals surface area contributed by atoms with Gasteiger partial charge in [-0.1, -0.05) is 24.3 Å². The summed E-state index contributed by atoms with van der Waals surface area (Å²) in [7, 11) is 0. The van der Waals surface area contributed by atoms with Gasteiger partial charge in [0.2, 0.25) is 0 Å². The summed E-state index contributed by atoms with van der Waals surface area (Å²) in [6, 6.07) is 10.8. The van der Waals surface area contributed by atoms with Gasteiger partial charge >= 0.3 is 0 Å². The molecule has 3 rings (SSSR count). The van der Waals surface area contributed by atoms with Crippen LogP contribution in [-0.2, 0) is 0 Å². The van der Waals surface area contributed by atoms with Crippen molar-refractivity contribution >= 4 is 11.3 Å². The third kappa shape index (κ3) is 1.63. The molecule has 2 aromatic heterocycles. The fourth-order valence-corrected chi connectivity index (χ4v) is 2.28. The lowest BCUT2D eigenvalue weighted by Crippen LogP contribution is -1.77. The Balaban J connectivity index is 2.00. The fraction of sp³-hybridized carbons (Fsp3) is 0. The number of aromatic nitrogens is 3. The van der Waals surface area contributed by atoms with Gasteiger partial charge in [-0.05, 0) is 6.07 Å². The highest BCUT2D eigenvalue weighted by Crippen LogP contribution is 2.27. The summed E-state index contributed by atoms with van der Waals surface area (Å²) in [5.41, 5.74) is 3.14. The zero-order valence-corrected chi connectivity index (χ0v) is 9.16. The Labute approximate surface area is 96.8 Å². The number of aromatic amines is 1. The molecule has 1 aromatic carbocycles. The molecule has 1 radical (unpaired) electrons. The topological polar surface area (TPSA) is 41.6 Å². The minimum atomic E-state index is 0.983. The van der Waals surface area contributed by atoms with Crippen molar-refractivity contribution in [3.8, 4) is 21.8 Å². The third-order valence-corrected chi connectivity index (χ3v) is 3.15. The van der Waals surface area contributed by atoms with Gasteiger partial charge in [-0.2, -0.15) is 5.10 Å². The highest BCUT2D eigenvalue weighted by atomic mass is 32.1. The van der Waals surface area contributed by atoms with Crippen LogP contribution in [0.1, 0.15) is 0 Å². The average molecular weight is 226 g/mol. The quantitative estimate of drug-likeness (QED) is 0.729. The second-order valence-electron chi connectivity index (χ2n) is 3.31. The van der Waals surface area contributed by atoms with Crippen molar-refractivity contribution in [1.29, 1.82) is 0 Å². The number of nitrogens with zero attached hydrogens (tertiary/aromatic N) is 2. The molecule has 0 bridgehead atoms. The summed E-state index contributed by atoms with van der Waals surface area (Å²) in [4.78, 5) is 4.57. The minimum Gasteiger partial charge on any atom is -0.285 e. The maximum absolute atomic E-state index is 4.57. The number of H-pyrrole nitrogens is 1. The lowest BCUT2D eigenvalue weighted by atomic mass is 10.2. The van der Waals surface area contributed by atoms with E-state index in [2.05, 4.69) is 26.6 Å². The average Bonchev–Trinajstić information content (AvgIpc) is 3.01. The van der Waals surface area contributed by atoms with Crippen molar-refractivity contribution < 1.29 is 0 Å². The van der Waals surface area contributed by atoms with Crippen LogP contribution in [0.5, 0.6) is 0 Å². The second kappa shape index (κ2) is 3.90. The predicted molar refractivity (Wildman–Crippen MR) is 64.0 cm³/mol. The molecule has 0 aliphatic rings. The van der Waals surface area contributed by atoms with E-state index in [9.17, 15) is 0 Å². The molecule has 0 aliphatic heterocycles. The molecule has 3 nitrogen and oxygen atoms in total. The van der Waals surface area contributed by atoms with E-state index in [4.69, 9.17) is 0 Å². The fourth-order valence-electron chi connectivity index (χ4n) is 1.46. The van der Waals surface area contributed by atoms with Gasteiger partial charge in [0.15, 0.2) is 0 Å². The van der Waals surface area contributed by atoms with E-state index in [1.807, 2.05) is 30.5 Å². The zero-order chi connectivity index (χ0) is 10.8. The van der Waals surface area contributed by atoms with Crippen LogP contribution >= 0.6 is 11.3 Å². The van der Waals surface area contributed by atoms with Crippen LogP contribution in [0.3, 0.4) is 0 Å². The molecule has 0 saturated heterocycles. The Morgan fingerprint density at radius 1 is 1.19 bits per heavy atom. The molecular weight excluding hydrogens is 218 g/mol. The van der Waals surface area contributed by atoms with Gasteiger partial charge in [0.05, 0.1) is 11.9 Å². The Bertz CT molecular complexity index is 569. The molecule has 16 heavy (non-hydrogen) atoms. The van der Waals surface area contributed by atoms with Crippen LogP contribution in [0.2, 0.25) is 0 Å². The van der Waals surface area contributed by atoms with E-state index >= 15 is 0 Å². The molecule has 77 valence electrons. The standard InChI is InChI=1S/C12H8N3S/c1-2-4-9(5-3-1)11-8-16-12(15-11)10-6-13-14-7-10/h2-8H,(H,13,14). The Hall–Kier alpha value is -1.94. The Kier molecular flexibility index (Phi) is 2.27. The third-order valence-electron chi connectivity index (χ3n) is 2.26. The number of hydrogen-bond acceptors (Lipinski definition) is 3. The summed E-state index contributed by atoms with van der Waals surface area (Å²) in [6.07, 6.45) is 3.63. The number of benzene rings is 1. The highest BCUT2D eigenvalue weighted by Gasteiger charge is 2.06. The maximum Gasteiger partial charge on any atom is 0.127 e. The maximum atomic E-state index is 4.57. The molecule has 0 spiro atoms. The first-order chi connectivity index (χ1) is 7.93. The number of rotatable bonds is 2. The van der Waals surface area contributed by atoms with Crippen LogP contribution in [0.4, 0.5) is 0 Å². The molecule has 0 atom stereocenters. The van der Waals surface area contributed by atoms with Crippen molar-refractivity contribution in [2.45, 2.75) is 0 Å². The molecule has 0 fully saturated rings. The van der Waals surface area contributed by atoms with E-state index in [-0.39, 0.29) is 0 Å². The van der Waals surface area contributed by atoms with Crippen LogP contribution in [0.15, 0.2) is 42.0 Å². The van der Waals surface area contributed by atoms with E-state index in [1.54, 1.807) is 17.5 Å². The molecule has 2 heterocycles. The first-order valence-corrected chi connectivity index (χ1v) is 5.72. The summed E-state index contributed by atoms with van der Waals surface area (Å²) in [5, 5.41) is 9.74. The van der Waals surface area contributed by atoms with Gasteiger partial charge in [-0.25, -0.2) is 4.98 Å². The van der Waals surface area contributed by atoms with Gasteiger partial charge in [0.25, 0.3) is 0 Å². The van der Waals surface area contributed by atoms with Crippen LogP contribution in [-0.4, -0.2) is 15.2 Å². The van der Waals surface area contributed by atoms with Gasteiger partial charge in [0.1, 0.15) is 5.01 Å². The van der Waals surface area contributed by atoms with Crippen LogP contribution in [0.25, 0.3) is 21.8 Å². The summed E-state index contributed by atoms with van der Waals surface area (Å²) < 4.78 is 0. The number of nitrogens with one attached hydrogen (secondary N) is 1. The van der Waals surface area contributed by atoms with E-state index < -0.39 is 0 Å². The van der Waals surface area contributed by atoms with Gasteiger partial charge < -0.3 is 0 Å². The molecule has 0 aliphatic carbocycles. The van der Waals surface area contributed by atoms with Crippen molar-refractivity contribution in [2.24, 2.45) is 0 Å². The molecule has 3 aromatic rings. The Morgan fingerprint density at radius 3 is 2.81 bits per heavy atom. The second-order valence-corrected chi connectivity index (χ2v) is 4.17. The summed E-state index contributed by atoms with van der Waals surface area (Å²) in [6.45, 7) is 0. The Morgan fingerprint density at radius 2 is 2.06 bits per heavy atom. The van der Waals surface area contributed by atoms with Crippen LogP contribution in [0, 0.1) is 6.07 Å². The molecular formula is C12H8N3S. The van der Waals surface area contributed by atoms with Gasteiger partial charge in [0, 0.05) is 22.7 Å². The smallest absolute Gasteiger partial charge is 0.127 e. The number of thiazole rings is 1. The largest absolute Gasteiger partial charge is 0.285 e. The van der Waals surface area contributed by atoms with E-state index in [1.165, 1.54) is 0 Å². The van der Waals surface area contributed by atoms with Crippen LogP contribution < -0.4 is 0 Å². The predicted octanol–water partition coefficient (Wildman–Crippen LogP) is 3.00. The van der Waals surface area contributed by atoms with Crippen molar-refractivity contribution in [3.63, 3.8) is 0 Å². The van der Waals surface area contributed by atoms with Crippen molar-refractivity contribution in [1.82, 2.24) is 15.2 Å². The first kappa shape index (κ1) is 9.30. The summed E-state index contributed by atoms with van der Waals surface area (Å²) >= 11 is 1.62. The molecule has 1 N–H and O–H groups in total. The normalized spacial score (nSPS) is 10.5. The highest BCUT2D eigenvalue weighted by molar-refractivity contribution is 7.13. The zero-order valence-electron chi connectivity index (χ0n) is 8.34. The van der Waals surface area contributed by atoms with Gasteiger partial charge in [-0.15, -0.1) is 11.3 Å². The van der Waals surface area contributed by atoms with Crippen molar-refractivity contribution in [2.75, 3.05) is 0 Å². The van der Waals surface area contributed by atoms with Crippen molar-refractivity contribution in [3.05, 3.63) is 48.1 Å². The molecule has 0 amide bonds. The summed E-state index contributed by atoms with van der Waals surface area (Å²) in [5.74, 6) is 0. The van der Waals surface area contributed by atoms with E-state index in [0.29, 0.717) is 0 Å². The van der Waals surface area contributed by atoms with E-state index in [0.717, 1.165) is 21.8 Å². The molecule has 0 unspecified atom stereocenters. The monoisotopic (exact) mass is 226 g/mol. The number of hydrogen-bond donors (Lipinski definition) is 1. The van der Waals surface area contributed by atoms with Gasteiger partial charge in [-0.3, -0.25) is 5.10 Å². The molecule has 4 heteroatoms. The first-order valence-electron chi connectivity index (χ1n) is 4.84. The lowest BCUT2D eigenvalue weighted by Gasteiger charge is -1.93.